The zero-order chi connectivity index (χ0) is 11.4. The molecule has 0 unspecified atom stereocenters. The van der Waals surface area contributed by atoms with E-state index in [1.54, 1.807) is 0 Å². The van der Waals surface area contributed by atoms with E-state index < -0.39 is 0 Å². The summed E-state index contributed by atoms with van der Waals surface area (Å²) >= 11 is 0. The monoisotopic (exact) mass is 216 g/mol. The van der Waals surface area contributed by atoms with Crippen LogP contribution < -0.4 is 5.32 Å². The van der Waals surface area contributed by atoms with Gasteiger partial charge in [-0.2, -0.15) is 0 Å². The summed E-state index contributed by atoms with van der Waals surface area (Å²) in [5, 5.41) is 3.51. The Bertz CT molecular complexity index is 378. The first-order valence-electron chi connectivity index (χ1n) is 6.08. The van der Waals surface area contributed by atoms with Crippen LogP contribution in [-0.4, -0.2) is 17.6 Å². The molecule has 86 valence electrons. The van der Waals surface area contributed by atoms with Gasteiger partial charge >= 0.3 is 0 Å². The van der Waals surface area contributed by atoms with Crippen LogP contribution in [0.5, 0.6) is 0 Å². The van der Waals surface area contributed by atoms with Crippen molar-refractivity contribution in [1.82, 2.24) is 10.3 Å². The Balaban J connectivity index is 1.84. The average molecular weight is 216 g/mol. The van der Waals surface area contributed by atoms with Crippen LogP contribution in [0.4, 0.5) is 0 Å². The van der Waals surface area contributed by atoms with Gasteiger partial charge in [0.1, 0.15) is 0 Å². The standard InChI is InChI=1S/C14H20N2/c1-11-8-13(10-15-9-11)12(2)4-3-7-16-14-5-6-14/h4,8-10,14,16H,3,5-7H2,1-2H3/b12-4-. The third kappa shape index (κ3) is 3.46. The van der Waals surface area contributed by atoms with E-state index in [-0.39, 0.29) is 0 Å². The molecule has 1 aliphatic carbocycles. The Labute approximate surface area is 97.8 Å². The number of rotatable bonds is 5. The highest BCUT2D eigenvalue weighted by Gasteiger charge is 2.19. The van der Waals surface area contributed by atoms with E-state index in [1.807, 2.05) is 12.4 Å². The van der Waals surface area contributed by atoms with Crippen molar-refractivity contribution in [3.05, 3.63) is 35.7 Å². The van der Waals surface area contributed by atoms with Crippen molar-refractivity contribution < 1.29 is 0 Å². The van der Waals surface area contributed by atoms with Gasteiger partial charge in [0.2, 0.25) is 0 Å². The van der Waals surface area contributed by atoms with Gasteiger partial charge in [0, 0.05) is 18.4 Å². The van der Waals surface area contributed by atoms with Gasteiger partial charge in [-0.15, -0.1) is 0 Å². The van der Waals surface area contributed by atoms with E-state index in [2.05, 4.69) is 36.3 Å². The largest absolute Gasteiger partial charge is 0.314 e. The highest BCUT2D eigenvalue weighted by atomic mass is 14.9. The number of aromatic nitrogens is 1. The number of allylic oxidation sites excluding steroid dienone is 1. The summed E-state index contributed by atoms with van der Waals surface area (Å²) in [6.07, 6.45) is 9.97. The Kier molecular flexibility index (Phi) is 3.73. The summed E-state index contributed by atoms with van der Waals surface area (Å²) in [5.74, 6) is 0. The summed E-state index contributed by atoms with van der Waals surface area (Å²) < 4.78 is 0. The molecule has 0 aliphatic heterocycles. The SMILES string of the molecule is C/C(=C/CCNC1CC1)c1cncc(C)c1. The molecule has 1 heterocycles. The maximum atomic E-state index is 4.22. The molecule has 1 N–H and O–H groups in total. The molecule has 16 heavy (non-hydrogen) atoms. The minimum Gasteiger partial charge on any atom is -0.314 e. The van der Waals surface area contributed by atoms with Gasteiger partial charge in [0.05, 0.1) is 0 Å². The molecule has 0 bridgehead atoms. The maximum Gasteiger partial charge on any atom is 0.0343 e. The van der Waals surface area contributed by atoms with Crippen molar-refractivity contribution in [3.8, 4) is 0 Å². The molecular weight excluding hydrogens is 196 g/mol. The molecule has 1 aliphatic rings. The van der Waals surface area contributed by atoms with Crippen LogP contribution in [0.15, 0.2) is 24.5 Å². The van der Waals surface area contributed by atoms with Crippen molar-refractivity contribution in [2.24, 2.45) is 0 Å². The fourth-order valence-corrected chi connectivity index (χ4v) is 1.75. The molecule has 2 rings (SSSR count). The van der Waals surface area contributed by atoms with Gasteiger partial charge in [-0.25, -0.2) is 0 Å². The lowest BCUT2D eigenvalue weighted by Gasteiger charge is -2.03. The van der Waals surface area contributed by atoms with Crippen LogP contribution in [0.1, 0.15) is 37.3 Å². The molecule has 0 spiro atoms. The second-order valence-corrected chi connectivity index (χ2v) is 4.66. The van der Waals surface area contributed by atoms with Gasteiger partial charge in [0.15, 0.2) is 0 Å². The summed E-state index contributed by atoms with van der Waals surface area (Å²) in [6, 6.07) is 3.00. The highest BCUT2D eigenvalue weighted by molar-refractivity contribution is 5.63. The van der Waals surface area contributed by atoms with Crippen molar-refractivity contribution >= 4 is 5.57 Å². The maximum absolute atomic E-state index is 4.22. The number of aryl methyl sites for hydroxylation is 1. The molecule has 1 fully saturated rings. The number of pyridine rings is 1. The minimum atomic E-state index is 0.814. The normalized spacial score (nSPS) is 16.5. The first-order valence-corrected chi connectivity index (χ1v) is 6.08. The lowest BCUT2D eigenvalue weighted by atomic mass is 10.1. The molecule has 0 atom stereocenters. The Hall–Kier alpha value is -1.15. The molecule has 1 saturated carbocycles. The number of nitrogens with one attached hydrogen (secondary N) is 1. The molecule has 0 radical (unpaired) electrons. The molecule has 0 saturated heterocycles. The van der Waals surface area contributed by atoms with Gasteiger partial charge in [-0.05, 0) is 62.4 Å². The molecule has 0 amide bonds. The van der Waals surface area contributed by atoms with Crippen LogP contribution in [0.2, 0.25) is 0 Å². The Morgan fingerprint density at radius 3 is 3.00 bits per heavy atom. The summed E-state index contributed by atoms with van der Waals surface area (Å²) in [7, 11) is 0. The van der Waals surface area contributed by atoms with Gasteiger partial charge in [0.25, 0.3) is 0 Å². The van der Waals surface area contributed by atoms with E-state index in [1.165, 1.54) is 29.5 Å². The molecular formula is C14H20N2. The predicted octanol–water partition coefficient (Wildman–Crippen LogP) is 2.94. The molecule has 2 heteroatoms. The Morgan fingerprint density at radius 1 is 1.50 bits per heavy atom. The highest BCUT2D eigenvalue weighted by Crippen LogP contribution is 2.18. The zero-order valence-electron chi connectivity index (χ0n) is 10.2. The van der Waals surface area contributed by atoms with Crippen LogP contribution in [-0.2, 0) is 0 Å². The topological polar surface area (TPSA) is 24.9 Å². The molecule has 1 aromatic rings. The van der Waals surface area contributed by atoms with Crippen molar-refractivity contribution in [3.63, 3.8) is 0 Å². The van der Waals surface area contributed by atoms with E-state index in [0.717, 1.165) is 19.0 Å². The number of nitrogens with zero attached hydrogens (tertiary/aromatic N) is 1. The van der Waals surface area contributed by atoms with Crippen molar-refractivity contribution in [1.29, 1.82) is 0 Å². The first-order chi connectivity index (χ1) is 7.75. The number of hydrogen-bond acceptors (Lipinski definition) is 2. The average Bonchev–Trinajstić information content (AvgIpc) is 3.08. The van der Waals surface area contributed by atoms with E-state index in [4.69, 9.17) is 0 Å². The smallest absolute Gasteiger partial charge is 0.0343 e. The van der Waals surface area contributed by atoms with Crippen molar-refractivity contribution in [2.45, 2.75) is 39.2 Å². The minimum absolute atomic E-state index is 0.814. The fourth-order valence-electron chi connectivity index (χ4n) is 1.75. The van der Waals surface area contributed by atoms with Gasteiger partial charge in [-0.1, -0.05) is 6.08 Å². The summed E-state index contributed by atoms with van der Waals surface area (Å²) in [5.41, 5.74) is 3.79. The fraction of sp³-hybridized carbons (Fsp3) is 0.500. The third-order valence-corrected chi connectivity index (χ3v) is 2.94. The van der Waals surface area contributed by atoms with Gasteiger partial charge < -0.3 is 5.32 Å². The third-order valence-electron chi connectivity index (χ3n) is 2.94. The predicted molar refractivity (Wildman–Crippen MR) is 68.3 cm³/mol. The molecule has 0 aromatic carbocycles. The Morgan fingerprint density at radius 2 is 2.31 bits per heavy atom. The lowest BCUT2D eigenvalue weighted by Crippen LogP contribution is -2.16. The number of hydrogen-bond donors (Lipinski definition) is 1. The quantitative estimate of drug-likeness (QED) is 0.765. The van der Waals surface area contributed by atoms with E-state index in [0.29, 0.717) is 0 Å². The van der Waals surface area contributed by atoms with Crippen LogP contribution in [0.25, 0.3) is 5.57 Å². The van der Waals surface area contributed by atoms with Crippen LogP contribution >= 0.6 is 0 Å². The van der Waals surface area contributed by atoms with E-state index in [9.17, 15) is 0 Å². The summed E-state index contributed by atoms with van der Waals surface area (Å²) in [4.78, 5) is 4.22. The van der Waals surface area contributed by atoms with Gasteiger partial charge in [-0.3, -0.25) is 4.98 Å². The molecule has 2 nitrogen and oxygen atoms in total. The van der Waals surface area contributed by atoms with E-state index >= 15 is 0 Å². The lowest BCUT2D eigenvalue weighted by molar-refractivity contribution is 0.690. The second-order valence-electron chi connectivity index (χ2n) is 4.66. The zero-order valence-corrected chi connectivity index (χ0v) is 10.2. The summed E-state index contributed by atoms with van der Waals surface area (Å²) in [6.45, 7) is 5.34. The van der Waals surface area contributed by atoms with Crippen LogP contribution in [0, 0.1) is 6.92 Å². The first kappa shape index (κ1) is 11.3. The molecule has 1 aromatic heterocycles. The van der Waals surface area contributed by atoms with Crippen molar-refractivity contribution in [2.75, 3.05) is 6.54 Å². The second kappa shape index (κ2) is 5.26. The van der Waals surface area contributed by atoms with Crippen LogP contribution in [0.3, 0.4) is 0 Å².